The zero-order valence-corrected chi connectivity index (χ0v) is 15.0. The second kappa shape index (κ2) is 8.43. The van der Waals surface area contributed by atoms with Gasteiger partial charge in [0, 0.05) is 17.0 Å². The van der Waals surface area contributed by atoms with Gasteiger partial charge in [-0.1, -0.05) is 17.7 Å². The molecule has 0 bridgehead atoms. The molecule has 130 valence electrons. The average Bonchev–Trinajstić information content (AvgIpc) is 2.61. The number of benzene rings is 2. The lowest BCUT2D eigenvalue weighted by atomic mass is 10.1. The molecule has 0 unspecified atom stereocenters. The summed E-state index contributed by atoms with van der Waals surface area (Å²) in [6.07, 6.45) is 0. The van der Waals surface area contributed by atoms with Crippen LogP contribution in [0.4, 0.5) is 5.69 Å². The summed E-state index contributed by atoms with van der Waals surface area (Å²) < 4.78 is 0. The summed E-state index contributed by atoms with van der Waals surface area (Å²) in [5, 5.41) is 14.4. The number of nitro benzene ring substituents is 1. The van der Waals surface area contributed by atoms with Gasteiger partial charge in [-0.15, -0.1) is 11.8 Å². The van der Waals surface area contributed by atoms with Crippen LogP contribution in [0.15, 0.2) is 58.5 Å². The Balaban J connectivity index is 1.95. The van der Waals surface area contributed by atoms with E-state index < -0.39 is 4.92 Å². The van der Waals surface area contributed by atoms with Crippen LogP contribution in [0, 0.1) is 17.0 Å². The second-order valence-electron chi connectivity index (χ2n) is 5.55. The Kier molecular flexibility index (Phi) is 6.30. The highest BCUT2D eigenvalue weighted by Crippen LogP contribution is 2.23. The van der Waals surface area contributed by atoms with E-state index >= 15 is 0 Å². The number of hydrogen-bond donors (Lipinski definition) is 1. The minimum atomic E-state index is -0.456. The minimum absolute atomic E-state index is 0.0173. The van der Waals surface area contributed by atoms with Crippen molar-refractivity contribution in [3.8, 4) is 0 Å². The third-order valence-electron chi connectivity index (χ3n) is 3.53. The summed E-state index contributed by atoms with van der Waals surface area (Å²) in [6, 6.07) is 14.0. The smallest absolute Gasteiger partial charge is 0.269 e. The molecule has 1 N–H and O–H groups in total. The van der Waals surface area contributed by atoms with Crippen LogP contribution in [0.5, 0.6) is 0 Å². The highest BCUT2D eigenvalue weighted by Gasteiger charge is 2.14. The van der Waals surface area contributed by atoms with Crippen LogP contribution < -0.4 is 5.43 Å². The van der Waals surface area contributed by atoms with Gasteiger partial charge in [-0.05, 0) is 50.6 Å². The summed E-state index contributed by atoms with van der Waals surface area (Å²) >= 11 is 1.46. The standard InChI is InChI=1S/C18H19N3O3S/c1-12-4-10-17(11-5-12)25-14(3)18(22)20-19-13(2)15-6-8-16(9-7-15)21(23)24/h4-11,14H,1-3H3,(H,20,22)/b19-13-/t14-/m1/s1. The lowest BCUT2D eigenvalue weighted by Crippen LogP contribution is -2.27. The molecule has 6 nitrogen and oxygen atoms in total. The van der Waals surface area contributed by atoms with Gasteiger partial charge < -0.3 is 0 Å². The predicted octanol–water partition coefficient (Wildman–Crippen LogP) is 3.92. The number of thioether (sulfide) groups is 1. The van der Waals surface area contributed by atoms with Gasteiger partial charge in [-0.3, -0.25) is 14.9 Å². The number of nitro groups is 1. The fourth-order valence-corrected chi connectivity index (χ4v) is 2.85. The highest BCUT2D eigenvalue weighted by atomic mass is 32.2. The van der Waals surface area contributed by atoms with E-state index in [1.54, 1.807) is 19.1 Å². The van der Waals surface area contributed by atoms with Gasteiger partial charge in [0.1, 0.15) is 0 Å². The Labute approximate surface area is 150 Å². The van der Waals surface area contributed by atoms with Gasteiger partial charge in [0.05, 0.1) is 15.9 Å². The SMILES string of the molecule is C/C(=N/NC(=O)[C@@H](C)Sc1ccc(C)cc1)c1ccc([N+](=O)[O-])cc1. The number of carbonyl (C=O) groups is 1. The zero-order valence-electron chi connectivity index (χ0n) is 14.2. The monoisotopic (exact) mass is 357 g/mol. The van der Waals surface area contributed by atoms with Gasteiger partial charge in [0.15, 0.2) is 0 Å². The minimum Gasteiger partial charge on any atom is -0.272 e. The molecule has 2 aromatic rings. The van der Waals surface area contributed by atoms with E-state index in [-0.39, 0.29) is 16.8 Å². The summed E-state index contributed by atoms with van der Waals surface area (Å²) in [4.78, 5) is 23.4. The number of carbonyl (C=O) groups excluding carboxylic acids is 1. The van der Waals surface area contributed by atoms with E-state index in [0.717, 1.165) is 4.90 Å². The molecule has 7 heteroatoms. The highest BCUT2D eigenvalue weighted by molar-refractivity contribution is 8.00. The Morgan fingerprint density at radius 2 is 1.76 bits per heavy atom. The molecule has 1 amide bonds. The maximum absolute atomic E-state index is 12.2. The first-order valence-corrected chi connectivity index (χ1v) is 8.57. The number of aryl methyl sites for hydroxylation is 1. The molecule has 0 saturated heterocycles. The van der Waals surface area contributed by atoms with Crippen molar-refractivity contribution in [2.45, 2.75) is 30.9 Å². The van der Waals surface area contributed by atoms with Crippen molar-refractivity contribution in [1.29, 1.82) is 0 Å². The zero-order chi connectivity index (χ0) is 18.4. The van der Waals surface area contributed by atoms with E-state index in [0.29, 0.717) is 11.3 Å². The Morgan fingerprint density at radius 3 is 2.32 bits per heavy atom. The number of non-ortho nitro benzene ring substituents is 1. The maximum atomic E-state index is 12.2. The molecule has 0 radical (unpaired) electrons. The number of hydrogen-bond acceptors (Lipinski definition) is 5. The molecule has 0 fully saturated rings. The van der Waals surface area contributed by atoms with Crippen molar-refractivity contribution in [3.05, 3.63) is 69.8 Å². The van der Waals surface area contributed by atoms with Crippen LogP contribution in [0.25, 0.3) is 0 Å². The van der Waals surface area contributed by atoms with Gasteiger partial charge in [-0.2, -0.15) is 5.10 Å². The summed E-state index contributed by atoms with van der Waals surface area (Å²) in [5.74, 6) is -0.202. The molecule has 0 heterocycles. The topological polar surface area (TPSA) is 84.6 Å². The Hall–Kier alpha value is -2.67. The van der Waals surface area contributed by atoms with Crippen LogP contribution in [0.2, 0.25) is 0 Å². The largest absolute Gasteiger partial charge is 0.272 e. The summed E-state index contributed by atoms with van der Waals surface area (Å²) in [6.45, 7) is 5.57. The van der Waals surface area contributed by atoms with Crippen molar-refractivity contribution in [3.63, 3.8) is 0 Å². The molecular formula is C18H19N3O3S. The normalized spacial score (nSPS) is 12.5. The first-order chi connectivity index (χ1) is 11.9. The van der Waals surface area contributed by atoms with Crippen molar-refractivity contribution in [1.82, 2.24) is 5.43 Å². The van der Waals surface area contributed by atoms with Crippen molar-refractivity contribution < 1.29 is 9.72 Å². The van der Waals surface area contributed by atoms with Gasteiger partial charge in [0.2, 0.25) is 0 Å². The number of nitrogens with zero attached hydrogens (tertiary/aromatic N) is 2. The van der Waals surface area contributed by atoms with Crippen molar-refractivity contribution in [2.75, 3.05) is 0 Å². The molecule has 0 aliphatic heterocycles. The number of amides is 1. The van der Waals surface area contributed by atoms with Crippen LogP contribution in [0.3, 0.4) is 0 Å². The molecule has 25 heavy (non-hydrogen) atoms. The molecule has 0 spiro atoms. The second-order valence-corrected chi connectivity index (χ2v) is 6.96. The molecule has 0 saturated carbocycles. The quantitative estimate of drug-likeness (QED) is 0.367. The average molecular weight is 357 g/mol. The van der Waals surface area contributed by atoms with Gasteiger partial charge >= 0.3 is 0 Å². The van der Waals surface area contributed by atoms with Gasteiger partial charge in [-0.25, -0.2) is 5.43 Å². The third-order valence-corrected chi connectivity index (χ3v) is 4.64. The van der Waals surface area contributed by atoms with E-state index in [2.05, 4.69) is 10.5 Å². The van der Waals surface area contributed by atoms with Gasteiger partial charge in [0.25, 0.3) is 11.6 Å². The van der Waals surface area contributed by atoms with Crippen LogP contribution in [-0.2, 0) is 4.79 Å². The number of nitrogens with one attached hydrogen (secondary N) is 1. The van der Waals surface area contributed by atoms with Crippen LogP contribution in [0.1, 0.15) is 25.0 Å². The summed E-state index contributed by atoms with van der Waals surface area (Å²) in [7, 11) is 0. The van der Waals surface area contributed by atoms with E-state index in [1.165, 1.54) is 29.5 Å². The lowest BCUT2D eigenvalue weighted by Gasteiger charge is -2.10. The van der Waals surface area contributed by atoms with Crippen LogP contribution >= 0.6 is 11.8 Å². The van der Waals surface area contributed by atoms with E-state index in [9.17, 15) is 14.9 Å². The van der Waals surface area contributed by atoms with Crippen LogP contribution in [-0.4, -0.2) is 21.8 Å². The Morgan fingerprint density at radius 1 is 1.16 bits per heavy atom. The molecular weight excluding hydrogens is 338 g/mol. The van der Waals surface area contributed by atoms with E-state index in [4.69, 9.17) is 0 Å². The number of hydrazone groups is 1. The van der Waals surface area contributed by atoms with Crippen molar-refractivity contribution >= 4 is 29.1 Å². The molecule has 0 aliphatic carbocycles. The third kappa shape index (κ3) is 5.42. The first kappa shape index (κ1) is 18.7. The fourth-order valence-electron chi connectivity index (χ4n) is 1.99. The lowest BCUT2D eigenvalue weighted by molar-refractivity contribution is -0.384. The number of rotatable bonds is 6. The maximum Gasteiger partial charge on any atom is 0.269 e. The molecule has 0 aliphatic rings. The predicted molar refractivity (Wildman–Crippen MR) is 99.9 cm³/mol. The fraction of sp³-hybridized carbons (Fsp3) is 0.222. The molecule has 2 aromatic carbocycles. The molecule has 0 aromatic heterocycles. The molecule has 2 rings (SSSR count). The first-order valence-electron chi connectivity index (χ1n) is 7.69. The Bertz CT molecular complexity index is 786. The molecule has 1 atom stereocenters. The van der Waals surface area contributed by atoms with E-state index in [1.807, 2.05) is 38.1 Å². The summed E-state index contributed by atoms with van der Waals surface area (Å²) in [5.41, 5.74) is 5.02. The van der Waals surface area contributed by atoms with Crippen molar-refractivity contribution in [2.24, 2.45) is 5.10 Å².